The highest BCUT2D eigenvalue weighted by Gasteiger charge is 2.33. The van der Waals surface area contributed by atoms with Crippen molar-refractivity contribution in [2.75, 3.05) is 13.1 Å². The molecule has 0 aromatic rings. The minimum Gasteiger partial charge on any atom is -0.296 e. The molecular formula is C13H23N. The fourth-order valence-electron chi connectivity index (χ4n) is 3.16. The van der Waals surface area contributed by atoms with E-state index in [1.807, 2.05) is 0 Å². The number of fused-ring (bicyclic) bond motifs is 1. The Bertz CT molecular complexity index is 229. The molecule has 2 rings (SSSR count). The predicted molar refractivity (Wildman–Crippen MR) is 61.3 cm³/mol. The Morgan fingerprint density at radius 2 is 2.21 bits per heavy atom. The van der Waals surface area contributed by atoms with Crippen LogP contribution in [-0.2, 0) is 0 Å². The summed E-state index contributed by atoms with van der Waals surface area (Å²) < 4.78 is 0. The Labute approximate surface area is 88.2 Å². The molecule has 0 radical (unpaired) electrons. The highest BCUT2D eigenvalue weighted by Crippen LogP contribution is 2.33. The molecule has 80 valence electrons. The van der Waals surface area contributed by atoms with E-state index in [4.69, 9.17) is 0 Å². The molecule has 0 amide bonds. The predicted octanol–water partition coefficient (Wildman–Crippen LogP) is 3.07. The van der Waals surface area contributed by atoms with Crippen molar-refractivity contribution < 1.29 is 0 Å². The molecule has 0 aromatic carbocycles. The Hall–Kier alpha value is -0.300. The van der Waals surface area contributed by atoms with Gasteiger partial charge in [0.15, 0.2) is 0 Å². The molecule has 0 aromatic heterocycles. The summed E-state index contributed by atoms with van der Waals surface area (Å²) in [5.74, 6) is 1.60. The lowest BCUT2D eigenvalue weighted by Crippen LogP contribution is -2.40. The summed E-state index contributed by atoms with van der Waals surface area (Å²) in [5.41, 5.74) is 1.69. The van der Waals surface area contributed by atoms with Crippen molar-refractivity contribution in [3.63, 3.8) is 0 Å². The SMILES string of the molecule is CC(C)/C=C1\C[C@@H](C)C2CCCN2C1. The Kier molecular flexibility index (Phi) is 2.96. The van der Waals surface area contributed by atoms with Crippen LogP contribution in [0.3, 0.4) is 0 Å². The van der Waals surface area contributed by atoms with Gasteiger partial charge >= 0.3 is 0 Å². The molecule has 2 atom stereocenters. The zero-order valence-corrected chi connectivity index (χ0v) is 9.79. The molecule has 2 aliphatic heterocycles. The highest BCUT2D eigenvalue weighted by molar-refractivity contribution is 5.12. The van der Waals surface area contributed by atoms with Crippen molar-refractivity contribution in [1.29, 1.82) is 0 Å². The first-order chi connectivity index (χ1) is 6.66. The molecule has 0 bridgehead atoms. The van der Waals surface area contributed by atoms with E-state index in [9.17, 15) is 0 Å². The molecule has 0 aliphatic carbocycles. The quantitative estimate of drug-likeness (QED) is 0.578. The van der Waals surface area contributed by atoms with E-state index < -0.39 is 0 Å². The maximum absolute atomic E-state index is 2.70. The van der Waals surface area contributed by atoms with Crippen LogP contribution in [-0.4, -0.2) is 24.0 Å². The zero-order chi connectivity index (χ0) is 10.1. The molecule has 0 spiro atoms. The fourth-order valence-corrected chi connectivity index (χ4v) is 3.16. The fraction of sp³-hybridized carbons (Fsp3) is 0.846. The van der Waals surface area contributed by atoms with Gasteiger partial charge in [0.2, 0.25) is 0 Å². The summed E-state index contributed by atoms with van der Waals surface area (Å²) in [5, 5.41) is 0. The van der Waals surface area contributed by atoms with Crippen LogP contribution in [0.25, 0.3) is 0 Å². The summed E-state index contributed by atoms with van der Waals surface area (Å²) in [4.78, 5) is 2.70. The topological polar surface area (TPSA) is 3.24 Å². The van der Waals surface area contributed by atoms with Crippen LogP contribution in [0, 0.1) is 11.8 Å². The molecule has 1 unspecified atom stereocenters. The average Bonchev–Trinajstić information content (AvgIpc) is 2.50. The second kappa shape index (κ2) is 4.06. The molecule has 2 heterocycles. The Balaban J connectivity index is 2.05. The summed E-state index contributed by atoms with van der Waals surface area (Å²) in [6.07, 6.45) is 6.68. The third kappa shape index (κ3) is 2.03. The van der Waals surface area contributed by atoms with Crippen LogP contribution in [0.2, 0.25) is 0 Å². The maximum Gasteiger partial charge on any atom is 0.0196 e. The van der Waals surface area contributed by atoms with Gasteiger partial charge < -0.3 is 0 Å². The third-order valence-corrected chi connectivity index (χ3v) is 3.63. The van der Waals surface area contributed by atoms with Crippen LogP contribution < -0.4 is 0 Å². The molecule has 2 saturated heterocycles. The van der Waals surface area contributed by atoms with E-state index in [1.54, 1.807) is 5.57 Å². The van der Waals surface area contributed by atoms with Crippen LogP contribution in [0.1, 0.15) is 40.0 Å². The van der Waals surface area contributed by atoms with Gasteiger partial charge in [-0.15, -0.1) is 0 Å². The average molecular weight is 193 g/mol. The molecule has 1 heteroatoms. The van der Waals surface area contributed by atoms with Crippen molar-refractivity contribution >= 4 is 0 Å². The molecule has 2 fully saturated rings. The standard InChI is InChI=1S/C13H23N/c1-10(2)7-12-8-11(3)13-5-4-6-14(13)9-12/h7,10-11,13H,4-6,8-9H2,1-3H3/b12-7+/t11-,13?/m1/s1. The molecule has 2 aliphatic rings. The van der Waals surface area contributed by atoms with Gasteiger partial charge in [-0.25, -0.2) is 0 Å². The number of hydrogen-bond donors (Lipinski definition) is 0. The van der Waals surface area contributed by atoms with Crippen molar-refractivity contribution in [3.05, 3.63) is 11.6 Å². The number of allylic oxidation sites excluding steroid dienone is 1. The first-order valence-electron chi connectivity index (χ1n) is 6.10. The smallest absolute Gasteiger partial charge is 0.0196 e. The van der Waals surface area contributed by atoms with Gasteiger partial charge in [-0.3, -0.25) is 4.90 Å². The summed E-state index contributed by atoms with van der Waals surface area (Å²) in [6.45, 7) is 9.59. The second-order valence-corrected chi connectivity index (χ2v) is 5.43. The van der Waals surface area contributed by atoms with Gasteiger partial charge in [0.1, 0.15) is 0 Å². The normalized spacial score (nSPS) is 36.7. The lowest BCUT2D eigenvalue weighted by Gasteiger charge is -2.36. The Morgan fingerprint density at radius 3 is 2.93 bits per heavy atom. The van der Waals surface area contributed by atoms with Crippen molar-refractivity contribution in [2.45, 2.75) is 46.1 Å². The van der Waals surface area contributed by atoms with Crippen LogP contribution in [0.4, 0.5) is 0 Å². The van der Waals surface area contributed by atoms with Crippen LogP contribution in [0.15, 0.2) is 11.6 Å². The third-order valence-electron chi connectivity index (χ3n) is 3.63. The molecule has 0 N–H and O–H groups in total. The lowest BCUT2D eigenvalue weighted by atomic mass is 9.87. The number of hydrogen-bond acceptors (Lipinski definition) is 1. The summed E-state index contributed by atoms with van der Waals surface area (Å²) >= 11 is 0. The van der Waals surface area contributed by atoms with Crippen LogP contribution >= 0.6 is 0 Å². The summed E-state index contributed by atoms with van der Waals surface area (Å²) in [7, 11) is 0. The van der Waals surface area contributed by atoms with Gasteiger partial charge in [0.05, 0.1) is 0 Å². The van der Waals surface area contributed by atoms with E-state index in [0.29, 0.717) is 0 Å². The highest BCUT2D eigenvalue weighted by atomic mass is 15.2. The van der Waals surface area contributed by atoms with Gasteiger partial charge in [0.25, 0.3) is 0 Å². The molecule has 1 nitrogen and oxygen atoms in total. The zero-order valence-electron chi connectivity index (χ0n) is 9.79. The number of nitrogens with zero attached hydrogens (tertiary/aromatic N) is 1. The lowest BCUT2D eigenvalue weighted by molar-refractivity contribution is 0.178. The van der Waals surface area contributed by atoms with E-state index in [0.717, 1.165) is 17.9 Å². The largest absolute Gasteiger partial charge is 0.296 e. The number of rotatable bonds is 1. The maximum atomic E-state index is 2.70. The van der Waals surface area contributed by atoms with Gasteiger partial charge in [0, 0.05) is 12.6 Å². The van der Waals surface area contributed by atoms with E-state index in [2.05, 4.69) is 31.7 Å². The summed E-state index contributed by atoms with van der Waals surface area (Å²) in [6, 6.07) is 0.902. The minimum absolute atomic E-state index is 0.719. The van der Waals surface area contributed by atoms with E-state index in [-0.39, 0.29) is 0 Å². The molecule has 0 saturated carbocycles. The van der Waals surface area contributed by atoms with E-state index in [1.165, 1.54) is 32.4 Å². The van der Waals surface area contributed by atoms with Gasteiger partial charge in [-0.1, -0.05) is 32.4 Å². The first-order valence-corrected chi connectivity index (χ1v) is 6.10. The van der Waals surface area contributed by atoms with Crippen molar-refractivity contribution in [2.24, 2.45) is 11.8 Å². The van der Waals surface area contributed by atoms with Crippen LogP contribution in [0.5, 0.6) is 0 Å². The monoisotopic (exact) mass is 193 g/mol. The van der Waals surface area contributed by atoms with Crippen molar-refractivity contribution in [1.82, 2.24) is 4.90 Å². The molecule has 14 heavy (non-hydrogen) atoms. The first kappa shape index (κ1) is 10.2. The van der Waals surface area contributed by atoms with Crippen molar-refractivity contribution in [3.8, 4) is 0 Å². The second-order valence-electron chi connectivity index (χ2n) is 5.43. The Morgan fingerprint density at radius 1 is 1.43 bits per heavy atom. The molecular weight excluding hydrogens is 170 g/mol. The van der Waals surface area contributed by atoms with Gasteiger partial charge in [-0.05, 0) is 37.6 Å². The van der Waals surface area contributed by atoms with Gasteiger partial charge in [-0.2, -0.15) is 0 Å². The number of piperidine rings is 1. The minimum atomic E-state index is 0.719. The van der Waals surface area contributed by atoms with E-state index >= 15 is 0 Å².